The molecule has 0 atom stereocenters. The number of imide groups is 1. The Morgan fingerprint density at radius 1 is 0.903 bits per heavy atom. The Hall–Kier alpha value is -3.68. The lowest BCUT2D eigenvalue weighted by molar-refractivity contribution is -0.180. The zero-order valence-electron chi connectivity index (χ0n) is 16.8. The molecule has 31 heavy (non-hydrogen) atoms. The Labute approximate surface area is 179 Å². The minimum absolute atomic E-state index is 0.00260. The molecule has 2 aromatic rings. The minimum Gasteiger partial charge on any atom is -0.445 e. The predicted molar refractivity (Wildman–Crippen MR) is 109 cm³/mol. The molecule has 0 radical (unpaired) electrons. The highest BCUT2D eigenvalue weighted by Crippen LogP contribution is 2.39. The Balaban J connectivity index is 1.38. The monoisotopic (exact) mass is 422 g/mol. The van der Waals surface area contributed by atoms with E-state index in [4.69, 9.17) is 9.57 Å². The van der Waals surface area contributed by atoms with Gasteiger partial charge in [0.15, 0.2) is 0 Å². The van der Waals surface area contributed by atoms with Crippen LogP contribution < -0.4 is 5.32 Å². The van der Waals surface area contributed by atoms with Gasteiger partial charge in [-0.15, -0.1) is 0 Å². The smallest absolute Gasteiger partial charge is 0.407 e. The number of rotatable bonds is 6. The topological polar surface area (TPSA) is 102 Å². The predicted octanol–water partition coefficient (Wildman–Crippen LogP) is 3.23. The first-order valence-electron chi connectivity index (χ1n) is 10.1. The normalized spacial score (nSPS) is 16.7. The van der Waals surface area contributed by atoms with E-state index in [0.717, 1.165) is 18.4 Å². The molecule has 1 fully saturated rings. The molecule has 4 rings (SSSR count). The van der Waals surface area contributed by atoms with Crippen LogP contribution in [0.5, 0.6) is 0 Å². The fraction of sp³-hybridized carbons (Fsp3) is 0.304. The third-order valence-corrected chi connectivity index (χ3v) is 5.71. The van der Waals surface area contributed by atoms with Gasteiger partial charge >= 0.3 is 12.1 Å². The Kier molecular flexibility index (Phi) is 5.70. The van der Waals surface area contributed by atoms with Gasteiger partial charge in [-0.05, 0) is 30.5 Å². The summed E-state index contributed by atoms with van der Waals surface area (Å²) in [4.78, 5) is 55.4. The molecule has 0 spiro atoms. The van der Waals surface area contributed by atoms with Crippen molar-refractivity contribution >= 4 is 23.9 Å². The number of nitrogens with one attached hydrogen (secondary N) is 1. The number of hydrogen-bond donors (Lipinski definition) is 1. The van der Waals surface area contributed by atoms with Gasteiger partial charge in [-0.2, -0.15) is 0 Å². The molecule has 8 heteroatoms. The molecule has 1 heterocycles. The van der Waals surface area contributed by atoms with E-state index in [-0.39, 0.29) is 24.3 Å². The highest BCUT2D eigenvalue weighted by molar-refractivity contribution is 6.20. The van der Waals surface area contributed by atoms with E-state index < -0.39 is 29.3 Å². The minimum atomic E-state index is -1.01. The van der Waals surface area contributed by atoms with E-state index in [2.05, 4.69) is 5.32 Å². The van der Waals surface area contributed by atoms with Gasteiger partial charge in [-0.1, -0.05) is 60.4 Å². The number of nitrogens with zero attached hydrogens (tertiary/aromatic N) is 1. The average Bonchev–Trinajstić information content (AvgIpc) is 3.37. The maximum atomic E-state index is 13.0. The van der Waals surface area contributed by atoms with Crippen molar-refractivity contribution in [2.45, 2.75) is 32.3 Å². The Bertz CT molecular complexity index is 979. The first-order valence-corrected chi connectivity index (χ1v) is 10.1. The third kappa shape index (κ3) is 4.14. The van der Waals surface area contributed by atoms with Crippen molar-refractivity contribution in [3.05, 3.63) is 71.3 Å². The summed E-state index contributed by atoms with van der Waals surface area (Å²) in [7, 11) is 0. The van der Waals surface area contributed by atoms with Crippen LogP contribution in [0.2, 0.25) is 0 Å². The van der Waals surface area contributed by atoms with Crippen LogP contribution in [0.15, 0.2) is 54.6 Å². The van der Waals surface area contributed by atoms with Crippen molar-refractivity contribution in [2.24, 2.45) is 5.41 Å². The quantitative estimate of drug-likeness (QED) is 0.717. The Morgan fingerprint density at radius 3 is 2.10 bits per heavy atom. The number of hydrogen-bond acceptors (Lipinski definition) is 6. The first kappa shape index (κ1) is 20.6. The van der Waals surface area contributed by atoms with Crippen molar-refractivity contribution in [1.82, 2.24) is 10.4 Å². The number of carbonyl (C=O) groups excluding carboxylic acids is 4. The van der Waals surface area contributed by atoms with E-state index in [1.807, 2.05) is 30.3 Å². The van der Waals surface area contributed by atoms with Gasteiger partial charge in [0.2, 0.25) is 0 Å². The second-order valence-corrected chi connectivity index (χ2v) is 7.73. The van der Waals surface area contributed by atoms with Gasteiger partial charge in [-0.25, -0.2) is 9.59 Å². The molecule has 2 aromatic carbocycles. The van der Waals surface area contributed by atoms with Crippen LogP contribution in [0.4, 0.5) is 4.79 Å². The van der Waals surface area contributed by atoms with E-state index in [1.165, 1.54) is 12.1 Å². The number of benzene rings is 2. The second-order valence-electron chi connectivity index (χ2n) is 7.73. The number of alkyl carbamates (subject to hydrolysis) is 1. The fourth-order valence-corrected chi connectivity index (χ4v) is 3.95. The van der Waals surface area contributed by atoms with Crippen LogP contribution in [-0.4, -0.2) is 35.5 Å². The zero-order valence-corrected chi connectivity index (χ0v) is 16.8. The SMILES string of the molecule is O=C(NCC1(C(=O)ON2C(=O)c3ccccc3C2=O)CCCC1)OCc1ccccc1. The lowest BCUT2D eigenvalue weighted by atomic mass is 9.86. The van der Waals surface area contributed by atoms with Crippen LogP contribution >= 0.6 is 0 Å². The molecule has 0 saturated heterocycles. The molecule has 3 amide bonds. The number of hydroxylamine groups is 2. The van der Waals surface area contributed by atoms with Gasteiger partial charge in [0.25, 0.3) is 11.8 Å². The lowest BCUT2D eigenvalue weighted by Gasteiger charge is -2.27. The number of amides is 3. The third-order valence-electron chi connectivity index (χ3n) is 5.71. The fourth-order valence-electron chi connectivity index (χ4n) is 3.95. The molecule has 1 N–H and O–H groups in total. The number of ether oxygens (including phenoxy) is 1. The van der Waals surface area contributed by atoms with E-state index in [9.17, 15) is 19.2 Å². The van der Waals surface area contributed by atoms with E-state index >= 15 is 0 Å². The van der Waals surface area contributed by atoms with E-state index in [0.29, 0.717) is 17.9 Å². The van der Waals surface area contributed by atoms with Crippen LogP contribution in [0.25, 0.3) is 0 Å². The van der Waals surface area contributed by atoms with Crippen molar-refractivity contribution in [1.29, 1.82) is 0 Å². The molecule has 0 bridgehead atoms. The molecule has 0 unspecified atom stereocenters. The molecule has 1 saturated carbocycles. The largest absolute Gasteiger partial charge is 0.445 e. The number of fused-ring (bicyclic) bond motifs is 1. The summed E-state index contributed by atoms with van der Waals surface area (Å²) in [6.07, 6.45) is 1.86. The maximum absolute atomic E-state index is 13.0. The molecule has 0 aromatic heterocycles. The van der Waals surface area contributed by atoms with E-state index in [1.54, 1.807) is 12.1 Å². The maximum Gasteiger partial charge on any atom is 0.407 e. The van der Waals surface area contributed by atoms with Crippen LogP contribution in [0.1, 0.15) is 52.0 Å². The summed E-state index contributed by atoms with van der Waals surface area (Å²) in [5, 5.41) is 3.15. The second kappa shape index (κ2) is 8.59. The van der Waals surface area contributed by atoms with Gasteiger partial charge < -0.3 is 14.9 Å². The summed E-state index contributed by atoms with van der Waals surface area (Å²) in [6.45, 7) is 0.113. The summed E-state index contributed by atoms with van der Waals surface area (Å²) < 4.78 is 5.20. The molecule has 1 aliphatic heterocycles. The Morgan fingerprint density at radius 2 is 1.48 bits per heavy atom. The molecule has 160 valence electrons. The van der Waals surface area contributed by atoms with Gasteiger partial charge in [0.05, 0.1) is 16.5 Å². The summed E-state index contributed by atoms with van der Waals surface area (Å²) in [6, 6.07) is 15.5. The molecule has 2 aliphatic rings. The summed E-state index contributed by atoms with van der Waals surface area (Å²) >= 11 is 0. The highest BCUT2D eigenvalue weighted by Gasteiger charge is 2.47. The average molecular weight is 422 g/mol. The van der Waals surface area contributed by atoms with Crippen LogP contribution in [0, 0.1) is 5.41 Å². The molecular weight excluding hydrogens is 400 g/mol. The molecule has 1 aliphatic carbocycles. The standard InChI is InChI=1S/C23H22N2O6/c26-19-17-10-4-5-11-18(17)20(27)25(19)31-21(28)23(12-6-7-13-23)15-24-22(29)30-14-16-8-2-1-3-9-16/h1-5,8-11H,6-7,12-15H2,(H,24,29). The van der Waals surface area contributed by atoms with Crippen LogP contribution in [-0.2, 0) is 21.0 Å². The van der Waals surface area contributed by atoms with Gasteiger partial charge in [-0.3, -0.25) is 9.59 Å². The molecule has 8 nitrogen and oxygen atoms in total. The van der Waals surface area contributed by atoms with Gasteiger partial charge in [0.1, 0.15) is 6.61 Å². The highest BCUT2D eigenvalue weighted by atomic mass is 16.7. The van der Waals surface area contributed by atoms with Crippen molar-refractivity contribution in [3.63, 3.8) is 0 Å². The molecular formula is C23H22N2O6. The van der Waals surface area contributed by atoms with Crippen molar-refractivity contribution < 1.29 is 28.8 Å². The van der Waals surface area contributed by atoms with Crippen molar-refractivity contribution in [2.75, 3.05) is 6.54 Å². The summed E-state index contributed by atoms with van der Waals surface area (Å²) in [5.74, 6) is -2.04. The van der Waals surface area contributed by atoms with Crippen molar-refractivity contribution in [3.8, 4) is 0 Å². The zero-order chi connectivity index (χ0) is 21.8. The van der Waals surface area contributed by atoms with Crippen LogP contribution in [0.3, 0.4) is 0 Å². The first-order chi connectivity index (χ1) is 15.0. The number of carbonyl (C=O) groups is 4. The van der Waals surface area contributed by atoms with Gasteiger partial charge in [0, 0.05) is 6.54 Å². The summed E-state index contributed by atoms with van der Waals surface area (Å²) in [5.41, 5.74) is 0.228. The lowest BCUT2D eigenvalue weighted by Crippen LogP contribution is -2.45.